The van der Waals surface area contributed by atoms with Gasteiger partial charge >= 0.3 is 12.1 Å². The minimum absolute atomic E-state index is 0.0649. The number of hydrogen-bond acceptors (Lipinski definition) is 6. The number of nitrogens with one attached hydrogen (secondary N) is 1. The maximum atomic E-state index is 13.8. The predicted molar refractivity (Wildman–Crippen MR) is 145 cm³/mol. The predicted octanol–water partition coefficient (Wildman–Crippen LogP) is 2.16. The standard InChI is InChI=1S/C28H29ClF4N4O6/c1-35-24(39)21(14-16-2-6-18(29)7-3-16)37-13-12-36(20(25(37)40)10-11-23(34)38)26(41)22(43-27(42)28(31,32)33)15-17-4-8-19(30)9-5-17/h2-9,20-22H,10-15H2,1H3,(H2,34,38)(H,35,39). The average molecular weight is 629 g/mol. The van der Waals surface area contributed by atoms with E-state index in [1.807, 2.05) is 0 Å². The Kier molecular flexibility index (Phi) is 11.1. The topological polar surface area (TPSA) is 139 Å². The van der Waals surface area contributed by atoms with Gasteiger partial charge in [0.15, 0.2) is 6.10 Å². The summed E-state index contributed by atoms with van der Waals surface area (Å²) in [5.41, 5.74) is 6.12. The molecule has 10 nitrogen and oxygen atoms in total. The van der Waals surface area contributed by atoms with E-state index in [9.17, 15) is 41.5 Å². The van der Waals surface area contributed by atoms with E-state index in [0.717, 1.165) is 17.0 Å². The second-order valence-electron chi connectivity index (χ2n) is 9.77. The lowest BCUT2D eigenvalue weighted by Crippen LogP contribution is -2.65. The van der Waals surface area contributed by atoms with Gasteiger partial charge in [-0.05, 0) is 41.8 Å². The van der Waals surface area contributed by atoms with Crippen molar-refractivity contribution in [2.75, 3.05) is 20.1 Å². The van der Waals surface area contributed by atoms with Crippen molar-refractivity contribution in [1.82, 2.24) is 15.1 Å². The van der Waals surface area contributed by atoms with Crippen LogP contribution in [0.4, 0.5) is 17.6 Å². The summed E-state index contributed by atoms with van der Waals surface area (Å²) >= 11 is 5.95. The molecule has 0 saturated carbocycles. The quantitative estimate of drug-likeness (QED) is 0.289. The SMILES string of the molecule is CNC(=O)C(Cc1ccc(Cl)cc1)N1CCN(C(=O)C(Cc2ccc(F)cc2)OC(=O)C(F)(F)F)C(CCC(N)=O)C1=O. The maximum absolute atomic E-state index is 13.8. The van der Waals surface area contributed by atoms with E-state index in [1.54, 1.807) is 24.3 Å². The summed E-state index contributed by atoms with van der Waals surface area (Å²) < 4.78 is 57.2. The number of ether oxygens (including phenoxy) is 1. The van der Waals surface area contributed by atoms with Crippen LogP contribution in [0.5, 0.6) is 0 Å². The number of benzene rings is 2. The number of carbonyl (C=O) groups is 5. The fourth-order valence-electron chi connectivity index (χ4n) is 4.69. The van der Waals surface area contributed by atoms with Crippen molar-refractivity contribution in [2.45, 2.75) is 50.0 Å². The van der Waals surface area contributed by atoms with Crippen LogP contribution in [0.1, 0.15) is 24.0 Å². The molecule has 3 rings (SSSR count). The summed E-state index contributed by atoms with van der Waals surface area (Å²) in [6.45, 7) is -0.481. The first kappa shape index (κ1) is 33.3. The van der Waals surface area contributed by atoms with Crippen molar-refractivity contribution in [1.29, 1.82) is 0 Å². The molecule has 15 heteroatoms. The highest BCUT2D eigenvalue weighted by Crippen LogP contribution is 2.25. The molecule has 1 aliphatic heterocycles. The number of rotatable bonds is 11. The highest BCUT2D eigenvalue weighted by Gasteiger charge is 2.47. The van der Waals surface area contributed by atoms with Gasteiger partial charge in [-0.2, -0.15) is 13.2 Å². The van der Waals surface area contributed by atoms with Crippen LogP contribution in [0, 0.1) is 5.82 Å². The molecule has 1 heterocycles. The fraction of sp³-hybridized carbons (Fsp3) is 0.393. The molecule has 232 valence electrons. The monoisotopic (exact) mass is 628 g/mol. The number of amides is 4. The lowest BCUT2D eigenvalue weighted by atomic mass is 9.97. The zero-order valence-electron chi connectivity index (χ0n) is 22.9. The van der Waals surface area contributed by atoms with Crippen LogP contribution in [0.2, 0.25) is 5.02 Å². The molecule has 1 fully saturated rings. The average Bonchev–Trinajstić information content (AvgIpc) is 2.95. The van der Waals surface area contributed by atoms with E-state index in [2.05, 4.69) is 10.1 Å². The highest BCUT2D eigenvalue weighted by molar-refractivity contribution is 6.30. The normalized spacial score (nSPS) is 16.8. The van der Waals surface area contributed by atoms with Crippen LogP contribution in [0.25, 0.3) is 0 Å². The molecule has 0 bridgehead atoms. The van der Waals surface area contributed by atoms with Gasteiger partial charge in [-0.3, -0.25) is 19.2 Å². The number of carbonyl (C=O) groups excluding carboxylic acids is 5. The third-order valence-corrected chi connectivity index (χ3v) is 7.08. The van der Waals surface area contributed by atoms with Gasteiger partial charge in [0.05, 0.1) is 0 Å². The van der Waals surface area contributed by atoms with Crippen LogP contribution < -0.4 is 11.1 Å². The third-order valence-electron chi connectivity index (χ3n) is 6.83. The van der Waals surface area contributed by atoms with Crippen molar-refractivity contribution >= 4 is 41.2 Å². The minimum Gasteiger partial charge on any atom is -0.445 e. The molecule has 2 aromatic carbocycles. The zero-order chi connectivity index (χ0) is 31.9. The molecule has 3 unspecified atom stereocenters. The van der Waals surface area contributed by atoms with Crippen LogP contribution in [0.3, 0.4) is 0 Å². The summed E-state index contributed by atoms with van der Waals surface area (Å²) in [6.07, 6.45) is -8.65. The van der Waals surface area contributed by atoms with E-state index >= 15 is 0 Å². The van der Waals surface area contributed by atoms with Gasteiger partial charge in [-0.25, -0.2) is 9.18 Å². The molecule has 0 spiro atoms. The molecular weight excluding hydrogens is 600 g/mol. The number of alkyl halides is 3. The van der Waals surface area contributed by atoms with Crippen molar-refractivity contribution in [2.24, 2.45) is 5.73 Å². The summed E-state index contributed by atoms with van der Waals surface area (Å²) in [6, 6.07) is 8.51. The van der Waals surface area contributed by atoms with E-state index in [-0.39, 0.29) is 37.9 Å². The zero-order valence-corrected chi connectivity index (χ0v) is 23.7. The van der Waals surface area contributed by atoms with Gasteiger partial charge in [0, 0.05) is 44.4 Å². The number of nitrogens with two attached hydrogens (primary N) is 1. The van der Waals surface area contributed by atoms with Gasteiger partial charge < -0.3 is 25.6 Å². The molecule has 4 amide bonds. The number of hydrogen-bond donors (Lipinski definition) is 2. The summed E-state index contributed by atoms with van der Waals surface area (Å²) in [5.74, 6) is -6.51. The summed E-state index contributed by atoms with van der Waals surface area (Å²) in [4.78, 5) is 65.9. The van der Waals surface area contributed by atoms with Crippen molar-refractivity contribution in [3.05, 3.63) is 70.5 Å². The third kappa shape index (κ3) is 8.89. The van der Waals surface area contributed by atoms with E-state index in [0.29, 0.717) is 10.6 Å². The molecule has 0 radical (unpaired) electrons. The molecule has 2 aromatic rings. The van der Waals surface area contributed by atoms with Crippen molar-refractivity contribution < 1.29 is 46.3 Å². The van der Waals surface area contributed by atoms with Gasteiger partial charge in [0.25, 0.3) is 5.91 Å². The number of nitrogens with zero attached hydrogens (tertiary/aromatic N) is 2. The molecule has 0 aliphatic carbocycles. The number of piperazine rings is 1. The van der Waals surface area contributed by atoms with Crippen LogP contribution >= 0.6 is 11.6 Å². The molecule has 0 aromatic heterocycles. The first-order valence-electron chi connectivity index (χ1n) is 13.1. The van der Waals surface area contributed by atoms with Crippen molar-refractivity contribution in [3.8, 4) is 0 Å². The largest absolute Gasteiger partial charge is 0.490 e. The van der Waals surface area contributed by atoms with Crippen LogP contribution in [-0.2, 0) is 41.6 Å². The van der Waals surface area contributed by atoms with E-state index in [1.165, 1.54) is 24.1 Å². The Bertz CT molecular complexity index is 1340. The second kappa shape index (κ2) is 14.3. The number of primary amides is 1. The summed E-state index contributed by atoms with van der Waals surface area (Å²) in [7, 11) is 1.38. The number of likely N-dealkylation sites (N-methyl/N-ethyl adjacent to an activating group) is 1. The molecule has 3 atom stereocenters. The molecular formula is C28H29ClF4N4O6. The van der Waals surface area contributed by atoms with Gasteiger partial charge in [0.1, 0.15) is 17.9 Å². The Balaban J connectivity index is 1.94. The Labute approximate surface area is 249 Å². The van der Waals surface area contributed by atoms with E-state index in [4.69, 9.17) is 17.3 Å². The first-order chi connectivity index (χ1) is 20.2. The molecule has 1 saturated heterocycles. The molecule has 3 N–H and O–H groups in total. The lowest BCUT2D eigenvalue weighted by Gasteiger charge is -2.44. The maximum Gasteiger partial charge on any atom is 0.490 e. The van der Waals surface area contributed by atoms with Gasteiger partial charge in [-0.1, -0.05) is 35.9 Å². The Morgan fingerprint density at radius 2 is 1.60 bits per heavy atom. The number of halogens is 5. The minimum atomic E-state index is -5.43. The van der Waals surface area contributed by atoms with Crippen LogP contribution in [0.15, 0.2) is 48.5 Å². The highest BCUT2D eigenvalue weighted by atomic mass is 35.5. The van der Waals surface area contributed by atoms with Gasteiger partial charge in [0.2, 0.25) is 17.7 Å². The van der Waals surface area contributed by atoms with Crippen molar-refractivity contribution in [3.63, 3.8) is 0 Å². The Morgan fingerprint density at radius 1 is 1.02 bits per heavy atom. The lowest BCUT2D eigenvalue weighted by molar-refractivity contribution is -0.206. The molecule has 1 aliphatic rings. The Morgan fingerprint density at radius 3 is 2.16 bits per heavy atom. The van der Waals surface area contributed by atoms with E-state index < -0.39 is 66.2 Å². The molecule has 43 heavy (non-hydrogen) atoms. The fourth-order valence-corrected chi connectivity index (χ4v) is 4.81. The second-order valence-corrected chi connectivity index (χ2v) is 10.2. The number of esters is 1. The summed E-state index contributed by atoms with van der Waals surface area (Å²) in [5, 5.41) is 2.95. The smallest absolute Gasteiger partial charge is 0.445 e. The first-order valence-corrected chi connectivity index (χ1v) is 13.5. The Hall–Kier alpha value is -4.20. The van der Waals surface area contributed by atoms with Crippen LogP contribution in [-0.4, -0.2) is 83.9 Å². The van der Waals surface area contributed by atoms with Gasteiger partial charge in [-0.15, -0.1) is 0 Å².